The van der Waals surface area contributed by atoms with Gasteiger partial charge >= 0.3 is 6.09 Å². The van der Waals surface area contributed by atoms with Gasteiger partial charge in [-0.3, -0.25) is 0 Å². The normalized spacial score (nSPS) is 15.5. The Hall–Kier alpha value is -4.90. The monoisotopic (exact) mass is 643 g/mol. The molecule has 1 aromatic heterocycles. The molecule has 1 aliphatic rings. The molecule has 1 saturated heterocycles. The summed E-state index contributed by atoms with van der Waals surface area (Å²) in [5, 5.41) is 13.8. The number of hydrogen-bond donors (Lipinski definition) is 2. The molecule has 4 aromatic rings. The number of anilines is 3. The first-order valence-electron chi connectivity index (χ1n) is 15.6. The fourth-order valence-corrected chi connectivity index (χ4v) is 6.50. The van der Waals surface area contributed by atoms with Crippen LogP contribution in [-0.4, -0.2) is 67.0 Å². The first kappa shape index (κ1) is 33.5. The Morgan fingerprint density at radius 3 is 2.51 bits per heavy atom. The van der Waals surface area contributed by atoms with Gasteiger partial charge in [0.05, 0.1) is 26.9 Å². The van der Waals surface area contributed by atoms with E-state index in [0.717, 1.165) is 48.2 Å². The molecule has 2 atom stereocenters. The van der Waals surface area contributed by atoms with Crippen LogP contribution < -0.4 is 24.4 Å². The Bertz CT molecular complexity index is 1710. The number of rotatable bonds is 11. The number of amides is 1. The standard InChI is InChI=1S/C36H42FN5O5/c1-22-17-23(2)32(24(3)18-22)33(27-10-7-11-30(45-5)34(27)46-6)42(36(43)44)31-14-15-38-35(40-31)39-26-12-13-29(28(37)19-26)47-21-25-9-8-16-41(4)20-25/h7,10-15,17-19,25,33H,8-9,16,20-21H2,1-6H3,(H,43,44)(H,38,39,40). The summed E-state index contributed by atoms with van der Waals surface area (Å²) in [5.74, 6) is 1.10. The van der Waals surface area contributed by atoms with Crippen LogP contribution in [0, 0.1) is 32.5 Å². The minimum absolute atomic E-state index is 0.0979. The van der Waals surface area contributed by atoms with Crippen molar-refractivity contribution in [2.45, 2.75) is 39.7 Å². The van der Waals surface area contributed by atoms with Crippen molar-refractivity contribution in [2.75, 3.05) is 51.2 Å². The number of likely N-dealkylation sites (tertiary alicyclic amines) is 1. The SMILES string of the molecule is COc1cccc(C(c2c(C)cc(C)cc2C)N(C(=O)O)c2ccnc(Nc3ccc(OCC4CCCN(C)C4)c(F)c3)n2)c1OC. The average Bonchev–Trinajstić information content (AvgIpc) is 3.03. The molecule has 2 unspecified atom stereocenters. The van der Waals surface area contributed by atoms with Gasteiger partial charge in [-0.25, -0.2) is 19.1 Å². The number of piperidine rings is 1. The van der Waals surface area contributed by atoms with Crippen molar-refractivity contribution in [1.82, 2.24) is 14.9 Å². The Morgan fingerprint density at radius 1 is 1.09 bits per heavy atom. The second-order valence-electron chi connectivity index (χ2n) is 12.0. The van der Waals surface area contributed by atoms with Gasteiger partial charge in [-0.15, -0.1) is 0 Å². The number of halogens is 1. The van der Waals surface area contributed by atoms with Crippen LogP contribution in [0.3, 0.4) is 0 Å². The van der Waals surface area contributed by atoms with E-state index < -0.39 is 18.0 Å². The molecule has 0 radical (unpaired) electrons. The fraction of sp³-hybridized carbons (Fsp3) is 0.361. The summed E-state index contributed by atoms with van der Waals surface area (Å²) in [4.78, 5) is 25.5. The van der Waals surface area contributed by atoms with Crippen LogP contribution in [0.5, 0.6) is 17.2 Å². The van der Waals surface area contributed by atoms with Gasteiger partial charge in [0.1, 0.15) is 5.82 Å². The van der Waals surface area contributed by atoms with E-state index in [9.17, 15) is 9.90 Å². The van der Waals surface area contributed by atoms with Gasteiger partial charge in [-0.1, -0.05) is 29.8 Å². The second-order valence-corrected chi connectivity index (χ2v) is 12.0. The van der Waals surface area contributed by atoms with Gasteiger partial charge in [0.15, 0.2) is 23.1 Å². The van der Waals surface area contributed by atoms with Crippen molar-refractivity contribution in [3.8, 4) is 17.2 Å². The van der Waals surface area contributed by atoms with Crippen LogP contribution in [0.15, 0.2) is 60.8 Å². The third kappa shape index (κ3) is 7.57. The van der Waals surface area contributed by atoms with E-state index in [-0.39, 0.29) is 17.5 Å². The maximum Gasteiger partial charge on any atom is 0.413 e. The summed E-state index contributed by atoms with van der Waals surface area (Å²) >= 11 is 0. The lowest BCUT2D eigenvalue weighted by Gasteiger charge is -2.33. The van der Waals surface area contributed by atoms with Crippen molar-refractivity contribution in [3.63, 3.8) is 0 Å². The molecule has 10 nitrogen and oxygen atoms in total. The molecule has 1 fully saturated rings. The molecule has 1 aliphatic heterocycles. The minimum atomic E-state index is -1.24. The van der Waals surface area contributed by atoms with Crippen LogP contribution in [-0.2, 0) is 0 Å². The van der Waals surface area contributed by atoms with Gasteiger partial charge in [-0.2, -0.15) is 4.98 Å². The number of aryl methyl sites for hydroxylation is 3. The average molecular weight is 644 g/mol. The van der Waals surface area contributed by atoms with Crippen LogP contribution in [0.4, 0.5) is 26.6 Å². The molecular weight excluding hydrogens is 601 g/mol. The number of ether oxygens (including phenoxy) is 3. The first-order valence-corrected chi connectivity index (χ1v) is 15.6. The number of nitrogens with one attached hydrogen (secondary N) is 1. The lowest BCUT2D eigenvalue weighted by atomic mass is 9.88. The number of aromatic nitrogens is 2. The van der Waals surface area contributed by atoms with Crippen molar-refractivity contribution < 1.29 is 28.5 Å². The number of nitrogens with zero attached hydrogens (tertiary/aromatic N) is 4. The minimum Gasteiger partial charge on any atom is -0.493 e. The Morgan fingerprint density at radius 2 is 1.85 bits per heavy atom. The zero-order valence-electron chi connectivity index (χ0n) is 27.7. The topological polar surface area (TPSA) is 109 Å². The van der Waals surface area contributed by atoms with E-state index in [2.05, 4.69) is 27.2 Å². The molecule has 0 spiro atoms. The van der Waals surface area contributed by atoms with Crippen LogP contribution in [0.1, 0.15) is 46.7 Å². The maximum absolute atomic E-state index is 15.1. The summed E-state index contributed by atoms with van der Waals surface area (Å²) < 4.78 is 32.3. The molecule has 1 amide bonds. The van der Waals surface area contributed by atoms with Crippen LogP contribution in [0.25, 0.3) is 0 Å². The number of carbonyl (C=O) groups is 1. The number of benzene rings is 3. The third-order valence-corrected chi connectivity index (χ3v) is 8.48. The number of methoxy groups -OCH3 is 2. The number of para-hydroxylation sites is 1. The Balaban J connectivity index is 1.48. The Kier molecular flexibility index (Phi) is 10.5. The highest BCUT2D eigenvalue weighted by Crippen LogP contribution is 2.43. The smallest absolute Gasteiger partial charge is 0.413 e. The molecule has 0 aliphatic carbocycles. The van der Waals surface area contributed by atoms with Crippen molar-refractivity contribution in [2.24, 2.45) is 5.92 Å². The van der Waals surface area contributed by atoms with Crippen LogP contribution >= 0.6 is 0 Å². The summed E-state index contributed by atoms with van der Waals surface area (Å²) in [6.45, 7) is 8.36. The molecular formula is C36H42FN5O5. The summed E-state index contributed by atoms with van der Waals surface area (Å²) in [5.41, 5.74) is 4.63. The van der Waals surface area contributed by atoms with Crippen LogP contribution in [0.2, 0.25) is 0 Å². The van der Waals surface area contributed by atoms with Gasteiger partial charge in [0, 0.05) is 36.0 Å². The number of carboxylic acid groups (broad SMARTS) is 1. The van der Waals surface area contributed by atoms with E-state index in [1.165, 1.54) is 37.4 Å². The highest BCUT2D eigenvalue weighted by Gasteiger charge is 2.34. The summed E-state index contributed by atoms with van der Waals surface area (Å²) in [6.07, 6.45) is 2.39. The molecule has 0 bridgehead atoms. The summed E-state index contributed by atoms with van der Waals surface area (Å²) in [7, 11) is 5.14. The second kappa shape index (κ2) is 14.7. The maximum atomic E-state index is 15.1. The highest BCUT2D eigenvalue weighted by molar-refractivity contribution is 5.87. The molecule has 0 saturated carbocycles. The molecule has 47 heavy (non-hydrogen) atoms. The van der Waals surface area contributed by atoms with Gasteiger partial charge in [0.2, 0.25) is 5.95 Å². The lowest BCUT2D eigenvalue weighted by Crippen LogP contribution is -2.36. The van der Waals surface area contributed by atoms with E-state index in [0.29, 0.717) is 35.3 Å². The van der Waals surface area contributed by atoms with Gasteiger partial charge in [0.25, 0.3) is 0 Å². The largest absolute Gasteiger partial charge is 0.493 e. The van der Waals surface area contributed by atoms with E-state index in [1.54, 1.807) is 24.3 Å². The molecule has 5 rings (SSSR count). The number of hydrogen-bond acceptors (Lipinski definition) is 8. The quantitative estimate of drug-likeness (QED) is 0.174. The molecule has 3 aromatic carbocycles. The van der Waals surface area contributed by atoms with Crippen molar-refractivity contribution in [3.05, 3.63) is 94.4 Å². The first-order chi connectivity index (χ1) is 22.6. The van der Waals surface area contributed by atoms with Crippen molar-refractivity contribution >= 4 is 23.5 Å². The predicted octanol–water partition coefficient (Wildman–Crippen LogP) is 7.30. The van der Waals surface area contributed by atoms with Gasteiger partial charge in [-0.05, 0) is 88.2 Å². The summed E-state index contributed by atoms with van der Waals surface area (Å²) in [6, 6.07) is 14.6. The zero-order valence-corrected chi connectivity index (χ0v) is 27.7. The molecule has 2 heterocycles. The zero-order chi connectivity index (χ0) is 33.7. The van der Waals surface area contributed by atoms with E-state index >= 15 is 4.39 Å². The van der Waals surface area contributed by atoms with E-state index in [1.807, 2.05) is 39.0 Å². The highest BCUT2D eigenvalue weighted by atomic mass is 19.1. The predicted molar refractivity (Wildman–Crippen MR) is 180 cm³/mol. The molecule has 248 valence electrons. The lowest BCUT2D eigenvalue weighted by molar-refractivity contribution is 0.147. The van der Waals surface area contributed by atoms with E-state index in [4.69, 9.17) is 14.2 Å². The van der Waals surface area contributed by atoms with Gasteiger partial charge < -0.3 is 29.5 Å². The third-order valence-electron chi connectivity index (χ3n) is 8.48. The molecule has 2 N–H and O–H groups in total. The molecule has 11 heteroatoms. The fourth-order valence-electron chi connectivity index (χ4n) is 6.50. The Labute approximate surface area is 275 Å². The van der Waals surface area contributed by atoms with Crippen molar-refractivity contribution in [1.29, 1.82) is 0 Å².